The zero-order chi connectivity index (χ0) is 13.7. The van der Waals surface area contributed by atoms with E-state index in [1.54, 1.807) is 0 Å². The molecule has 0 amide bonds. The Morgan fingerprint density at radius 1 is 1.44 bits per heavy atom. The zero-order valence-electron chi connectivity index (χ0n) is 9.25. The third-order valence-electron chi connectivity index (χ3n) is 1.94. The largest absolute Gasteiger partial charge is 0.494 e. The van der Waals surface area contributed by atoms with Gasteiger partial charge < -0.3 is 14.6 Å². The van der Waals surface area contributed by atoms with Crippen LogP contribution < -0.4 is 9.47 Å². The molecule has 0 bridgehead atoms. The maximum absolute atomic E-state index is 11.0. The highest BCUT2D eigenvalue weighted by Gasteiger charge is 2.16. The first kappa shape index (κ1) is 15.0. The van der Waals surface area contributed by atoms with Crippen LogP contribution in [0.2, 0.25) is 5.02 Å². The molecule has 0 aliphatic heterocycles. The molecule has 1 rings (SSSR count). The Hall–Kier alpha value is -1.10. The lowest BCUT2D eigenvalue weighted by atomic mass is 10.2. The van der Waals surface area contributed by atoms with Gasteiger partial charge in [-0.3, -0.25) is 0 Å². The predicted octanol–water partition coefficient (Wildman–Crippen LogP) is 3.74. The summed E-state index contributed by atoms with van der Waals surface area (Å²) in [7, 11) is 1.34. The van der Waals surface area contributed by atoms with Gasteiger partial charge in [-0.25, -0.2) is 4.79 Å². The van der Waals surface area contributed by atoms with Crippen molar-refractivity contribution in [2.45, 2.75) is 0 Å². The van der Waals surface area contributed by atoms with E-state index in [2.05, 4.69) is 0 Å². The normalized spacial score (nSPS) is 9.78. The molecule has 0 radical (unpaired) electrons. The van der Waals surface area contributed by atoms with Crippen molar-refractivity contribution in [1.82, 2.24) is 0 Å². The number of hydrogen-bond acceptors (Lipinski definition) is 3. The molecule has 0 atom stereocenters. The summed E-state index contributed by atoms with van der Waals surface area (Å²) >= 11 is 16.7. The predicted molar refractivity (Wildman–Crippen MR) is 70.2 cm³/mol. The molecule has 98 valence electrons. The molecule has 0 saturated carbocycles. The molecule has 0 saturated heterocycles. The minimum atomic E-state index is -1.16. The monoisotopic (exact) mass is 310 g/mol. The van der Waals surface area contributed by atoms with E-state index in [9.17, 15) is 4.79 Å². The maximum Gasteiger partial charge on any atom is 0.339 e. The van der Waals surface area contributed by atoms with Gasteiger partial charge in [0.1, 0.15) is 22.4 Å². The Labute approximate surface area is 119 Å². The number of halogens is 3. The molecule has 0 heterocycles. The number of methoxy groups -OCH3 is 1. The molecule has 0 unspecified atom stereocenters. The maximum atomic E-state index is 11.0. The molecule has 1 aromatic rings. The Morgan fingerprint density at radius 2 is 2.11 bits per heavy atom. The number of aromatic carboxylic acids is 1. The first-order valence-corrected chi connectivity index (χ1v) is 5.84. The second-order valence-electron chi connectivity index (χ2n) is 3.10. The molecular formula is C11H9Cl3O4. The highest BCUT2D eigenvalue weighted by atomic mass is 35.5. The fraction of sp³-hybridized carbons (Fsp3) is 0.182. The third-order valence-corrected chi connectivity index (χ3v) is 2.53. The van der Waals surface area contributed by atoms with Crippen LogP contribution >= 0.6 is 34.8 Å². The molecule has 0 spiro atoms. The van der Waals surface area contributed by atoms with E-state index in [4.69, 9.17) is 49.4 Å². The van der Waals surface area contributed by atoms with Crippen LogP contribution in [0.5, 0.6) is 11.5 Å². The average Bonchev–Trinajstić information content (AvgIpc) is 2.27. The lowest BCUT2D eigenvalue weighted by Crippen LogP contribution is -2.03. The summed E-state index contributed by atoms with van der Waals surface area (Å²) in [6.45, 7) is 0.101. The average molecular weight is 312 g/mol. The van der Waals surface area contributed by atoms with Crippen molar-refractivity contribution in [1.29, 1.82) is 0 Å². The third kappa shape index (κ3) is 3.98. The number of carboxylic acids is 1. The van der Waals surface area contributed by atoms with Crippen molar-refractivity contribution in [3.63, 3.8) is 0 Å². The summed E-state index contributed by atoms with van der Waals surface area (Å²) in [4.78, 5) is 11.0. The van der Waals surface area contributed by atoms with Crippen molar-refractivity contribution in [2.75, 3.05) is 13.7 Å². The van der Waals surface area contributed by atoms with Crippen LogP contribution in [0.25, 0.3) is 0 Å². The number of carbonyl (C=O) groups is 1. The van der Waals surface area contributed by atoms with Gasteiger partial charge in [0.2, 0.25) is 0 Å². The summed E-state index contributed by atoms with van der Waals surface area (Å²) in [5, 5.41) is 9.16. The lowest BCUT2D eigenvalue weighted by Gasteiger charge is -2.10. The first-order valence-electron chi connectivity index (χ1n) is 4.70. The SMILES string of the molecule is COc1c(Cl)cc(OCC=C(Cl)Cl)cc1C(=O)O. The van der Waals surface area contributed by atoms with Crippen LogP contribution in [0.3, 0.4) is 0 Å². The fourth-order valence-corrected chi connectivity index (χ4v) is 1.63. The standard InChI is InChI=1S/C11H9Cl3O4/c1-17-10-7(11(15)16)4-6(5-8(10)12)18-3-2-9(13)14/h2,4-5H,3H2,1H3,(H,15,16). The molecule has 1 aromatic carbocycles. The van der Waals surface area contributed by atoms with Gasteiger partial charge in [-0.15, -0.1) is 0 Å². The van der Waals surface area contributed by atoms with Crippen LogP contribution in [0, 0.1) is 0 Å². The molecular weight excluding hydrogens is 302 g/mol. The summed E-state index contributed by atoms with van der Waals surface area (Å²) in [5.41, 5.74) is -0.0825. The molecule has 0 aliphatic carbocycles. The van der Waals surface area contributed by atoms with Gasteiger partial charge in [0.25, 0.3) is 0 Å². The number of rotatable bonds is 5. The van der Waals surface area contributed by atoms with Gasteiger partial charge in [0.05, 0.1) is 12.1 Å². The van der Waals surface area contributed by atoms with E-state index < -0.39 is 5.97 Å². The van der Waals surface area contributed by atoms with E-state index in [1.165, 1.54) is 25.3 Å². The Bertz CT molecular complexity index is 481. The number of ether oxygens (including phenoxy) is 2. The van der Waals surface area contributed by atoms with Gasteiger partial charge in [-0.1, -0.05) is 34.8 Å². The van der Waals surface area contributed by atoms with Gasteiger partial charge in [-0.2, -0.15) is 0 Å². The highest BCUT2D eigenvalue weighted by molar-refractivity contribution is 6.55. The van der Waals surface area contributed by atoms with Gasteiger partial charge in [0.15, 0.2) is 5.75 Å². The summed E-state index contributed by atoms with van der Waals surface area (Å²) in [6.07, 6.45) is 1.42. The van der Waals surface area contributed by atoms with Crippen molar-refractivity contribution in [3.05, 3.63) is 33.3 Å². The van der Waals surface area contributed by atoms with Crippen LogP contribution in [0.1, 0.15) is 10.4 Å². The van der Waals surface area contributed by atoms with Gasteiger partial charge in [-0.05, 0) is 12.1 Å². The Balaban J connectivity index is 3.02. The molecule has 18 heavy (non-hydrogen) atoms. The van der Waals surface area contributed by atoms with E-state index in [0.717, 1.165) is 0 Å². The Kier molecular flexibility index (Phi) is 5.59. The molecule has 1 N–H and O–H groups in total. The molecule has 0 aliphatic rings. The van der Waals surface area contributed by atoms with E-state index in [-0.39, 0.29) is 33.2 Å². The van der Waals surface area contributed by atoms with Crippen LogP contribution in [0.4, 0.5) is 0 Å². The quantitative estimate of drug-likeness (QED) is 0.900. The van der Waals surface area contributed by atoms with Crippen LogP contribution in [-0.2, 0) is 0 Å². The van der Waals surface area contributed by atoms with E-state index in [1.807, 2.05) is 0 Å². The second-order valence-corrected chi connectivity index (χ2v) is 4.51. The van der Waals surface area contributed by atoms with Gasteiger partial charge >= 0.3 is 5.97 Å². The number of benzene rings is 1. The minimum Gasteiger partial charge on any atom is -0.494 e. The smallest absolute Gasteiger partial charge is 0.339 e. The van der Waals surface area contributed by atoms with Crippen molar-refractivity contribution >= 4 is 40.8 Å². The van der Waals surface area contributed by atoms with E-state index >= 15 is 0 Å². The summed E-state index contributed by atoms with van der Waals surface area (Å²) < 4.78 is 10.2. The highest BCUT2D eigenvalue weighted by Crippen LogP contribution is 2.33. The number of hydrogen-bond donors (Lipinski definition) is 1. The lowest BCUT2D eigenvalue weighted by molar-refractivity contribution is 0.0693. The topological polar surface area (TPSA) is 55.8 Å². The fourth-order valence-electron chi connectivity index (χ4n) is 1.22. The molecule has 0 aromatic heterocycles. The van der Waals surface area contributed by atoms with Crippen LogP contribution in [-0.4, -0.2) is 24.8 Å². The van der Waals surface area contributed by atoms with Crippen molar-refractivity contribution in [3.8, 4) is 11.5 Å². The van der Waals surface area contributed by atoms with Crippen LogP contribution in [0.15, 0.2) is 22.7 Å². The Morgan fingerprint density at radius 3 is 2.61 bits per heavy atom. The molecule has 0 fully saturated rings. The van der Waals surface area contributed by atoms with Crippen molar-refractivity contribution in [2.24, 2.45) is 0 Å². The van der Waals surface area contributed by atoms with Crippen molar-refractivity contribution < 1.29 is 19.4 Å². The van der Waals surface area contributed by atoms with E-state index in [0.29, 0.717) is 0 Å². The zero-order valence-corrected chi connectivity index (χ0v) is 11.5. The minimum absolute atomic E-state index is 0.0630. The second kappa shape index (κ2) is 6.73. The molecule has 7 heteroatoms. The summed E-state index contributed by atoms with van der Waals surface area (Å²) in [6, 6.07) is 2.76. The summed E-state index contributed by atoms with van der Waals surface area (Å²) in [5.74, 6) is -0.795. The molecule has 4 nitrogen and oxygen atoms in total. The first-order chi connectivity index (χ1) is 8.45. The van der Waals surface area contributed by atoms with Gasteiger partial charge in [0, 0.05) is 6.07 Å². The number of carboxylic acid groups (broad SMARTS) is 1.